The first kappa shape index (κ1) is 20.7. The van der Waals surface area contributed by atoms with Gasteiger partial charge >= 0.3 is 0 Å². The van der Waals surface area contributed by atoms with Crippen molar-refractivity contribution in [3.8, 4) is 0 Å². The maximum atomic E-state index is 5.30. The third-order valence-corrected chi connectivity index (χ3v) is 5.07. The Morgan fingerprint density at radius 2 is 2.17 bits per heavy atom. The molecule has 2 N–H and O–H groups in total. The van der Waals surface area contributed by atoms with Crippen molar-refractivity contribution in [2.24, 2.45) is 4.99 Å². The first-order valence-electron chi connectivity index (χ1n) is 7.22. The monoisotopic (exact) mass is 560 g/mol. The van der Waals surface area contributed by atoms with Crippen molar-refractivity contribution in [1.82, 2.24) is 15.8 Å². The molecule has 0 aliphatic rings. The minimum atomic E-state index is 0. The number of halogens is 2. The minimum absolute atomic E-state index is 0. The Balaban J connectivity index is 0.00000264. The van der Waals surface area contributed by atoms with E-state index in [0.29, 0.717) is 12.5 Å². The van der Waals surface area contributed by atoms with Crippen LogP contribution in [-0.2, 0) is 13.0 Å². The van der Waals surface area contributed by atoms with Crippen LogP contribution in [0.5, 0.6) is 0 Å². The molecule has 0 aromatic carbocycles. The average Bonchev–Trinajstić information content (AvgIpc) is 3.11. The Hall–Kier alpha value is -0.360. The summed E-state index contributed by atoms with van der Waals surface area (Å²) in [5.74, 6) is 1.97. The van der Waals surface area contributed by atoms with Crippen LogP contribution in [0.25, 0.3) is 0 Å². The van der Waals surface area contributed by atoms with E-state index in [1.807, 2.05) is 17.4 Å². The highest BCUT2D eigenvalue weighted by Crippen LogP contribution is 2.18. The molecular weight excluding hydrogens is 538 g/mol. The van der Waals surface area contributed by atoms with Gasteiger partial charge in [-0.25, -0.2) is 0 Å². The molecule has 0 saturated heterocycles. The van der Waals surface area contributed by atoms with Gasteiger partial charge in [-0.2, -0.15) is 0 Å². The molecule has 23 heavy (non-hydrogen) atoms. The summed E-state index contributed by atoms with van der Waals surface area (Å²) in [6.07, 6.45) is 0.994. The van der Waals surface area contributed by atoms with Gasteiger partial charge in [-0.3, -0.25) is 4.99 Å². The van der Waals surface area contributed by atoms with Gasteiger partial charge in [-0.1, -0.05) is 19.0 Å². The highest BCUT2D eigenvalue weighted by Gasteiger charge is 2.08. The zero-order valence-electron chi connectivity index (χ0n) is 13.4. The van der Waals surface area contributed by atoms with Crippen molar-refractivity contribution in [1.29, 1.82) is 0 Å². The molecule has 0 bridgehead atoms. The highest BCUT2D eigenvalue weighted by atomic mass is 127. The summed E-state index contributed by atoms with van der Waals surface area (Å²) < 4.78 is 6.62. The maximum absolute atomic E-state index is 5.30. The van der Waals surface area contributed by atoms with Crippen LogP contribution >= 0.6 is 57.9 Å². The van der Waals surface area contributed by atoms with Gasteiger partial charge < -0.3 is 15.2 Å². The number of rotatable bonds is 6. The van der Waals surface area contributed by atoms with Crippen LogP contribution in [0.1, 0.15) is 36.1 Å². The fourth-order valence-electron chi connectivity index (χ4n) is 1.87. The third-order valence-electron chi connectivity index (χ3n) is 3.12. The second kappa shape index (κ2) is 10.5. The second-order valence-electron chi connectivity index (χ2n) is 5.18. The van der Waals surface area contributed by atoms with Gasteiger partial charge in [-0.05, 0) is 47.1 Å². The number of hydrogen-bond donors (Lipinski definition) is 2. The third kappa shape index (κ3) is 6.96. The summed E-state index contributed by atoms with van der Waals surface area (Å²) in [6, 6.07) is 6.30. The quantitative estimate of drug-likeness (QED) is 0.319. The normalized spacial score (nSPS) is 11.4. The number of aromatic nitrogens is 1. The average molecular weight is 560 g/mol. The summed E-state index contributed by atoms with van der Waals surface area (Å²) in [6.45, 7) is 5.63. The molecule has 0 fully saturated rings. The van der Waals surface area contributed by atoms with Crippen molar-refractivity contribution in [2.75, 3.05) is 13.6 Å². The van der Waals surface area contributed by atoms with Crippen molar-refractivity contribution < 1.29 is 4.52 Å². The van der Waals surface area contributed by atoms with Crippen LogP contribution in [0.15, 0.2) is 27.7 Å². The SMILES string of the molecule is CN=C(NCCc1ccc(I)s1)NCc1cc(C(C)C)no1.I. The number of thiophene rings is 1. The number of hydrogen-bond acceptors (Lipinski definition) is 4. The van der Waals surface area contributed by atoms with E-state index in [1.165, 1.54) is 7.76 Å². The lowest BCUT2D eigenvalue weighted by molar-refractivity contribution is 0.372. The van der Waals surface area contributed by atoms with E-state index in [9.17, 15) is 0 Å². The summed E-state index contributed by atoms with van der Waals surface area (Å²) >= 11 is 4.17. The zero-order valence-corrected chi connectivity index (χ0v) is 18.7. The largest absolute Gasteiger partial charge is 0.359 e. The second-order valence-corrected chi connectivity index (χ2v) is 8.24. The van der Waals surface area contributed by atoms with E-state index in [2.05, 4.69) is 69.4 Å². The predicted molar refractivity (Wildman–Crippen MR) is 115 cm³/mol. The lowest BCUT2D eigenvalue weighted by Crippen LogP contribution is -2.37. The van der Waals surface area contributed by atoms with Crippen molar-refractivity contribution in [3.63, 3.8) is 0 Å². The fraction of sp³-hybridized carbons (Fsp3) is 0.467. The minimum Gasteiger partial charge on any atom is -0.359 e. The number of nitrogens with zero attached hydrogens (tertiary/aromatic N) is 2. The summed E-state index contributed by atoms with van der Waals surface area (Å²) in [4.78, 5) is 5.59. The van der Waals surface area contributed by atoms with E-state index in [4.69, 9.17) is 4.52 Å². The van der Waals surface area contributed by atoms with E-state index in [1.54, 1.807) is 7.05 Å². The number of guanidine groups is 1. The van der Waals surface area contributed by atoms with Crippen LogP contribution in [0.3, 0.4) is 0 Å². The highest BCUT2D eigenvalue weighted by molar-refractivity contribution is 14.1. The Morgan fingerprint density at radius 1 is 1.39 bits per heavy atom. The molecule has 0 aliphatic heterocycles. The Bertz CT molecular complexity index is 625. The van der Waals surface area contributed by atoms with Gasteiger partial charge in [0.2, 0.25) is 0 Å². The van der Waals surface area contributed by atoms with E-state index < -0.39 is 0 Å². The molecule has 2 aromatic heterocycles. The number of aliphatic imine (C=N–C) groups is 1. The van der Waals surface area contributed by atoms with Crippen LogP contribution in [0, 0.1) is 2.88 Å². The Morgan fingerprint density at radius 3 is 2.74 bits per heavy atom. The maximum Gasteiger partial charge on any atom is 0.191 e. The molecule has 0 saturated carbocycles. The standard InChI is InChI=1S/C15H21IN4OS.HI/c1-10(2)13-8-11(21-20-13)9-19-15(17-3)18-7-6-12-4-5-14(16)22-12;/h4-5,8,10H,6-7,9H2,1-3H3,(H2,17,18,19);1H. The van der Waals surface area contributed by atoms with Crippen molar-refractivity contribution >= 4 is 63.9 Å². The molecule has 0 aliphatic carbocycles. The molecule has 128 valence electrons. The molecule has 2 heterocycles. The van der Waals surface area contributed by atoms with Gasteiger partial charge in [0, 0.05) is 24.5 Å². The fourth-order valence-corrected chi connectivity index (χ4v) is 3.62. The summed E-state index contributed by atoms with van der Waals surface area (Å²) in [5.41, 5.74) is 0.979. The van der Waals surface area contributed by atoms with Gasteiger partial charge in [-0.15, -0.1) is 35.3 Å². The molecule has 0 spiro atoms. The Kier molecular flexibility index (Phi) is 9.44. The molecule has 2 aromatic rings. The summed E-state index contributed by atoms with van der Waals surface area (Å²) in [5, 5.41) is 10.6. The smallest absolute Gasteiger partial charge is 0.191 e. The Labute approximate surface area is 171 Å². The first-order valence-corrected chi connectivity index (χ1v) is 9.12. The van der Waals surface area contributed by atoms with Crippen LogP contribution < -0.4 is 10.6 Å². The molecule has 0 radical (unpaired) electrons. The molecule has 2 rings (SSSR count). The molecule has 0 atom stereocenters. The van der Waals surface area contributed by atoms with Crippen molar-refractivity contribution in [2.45, 2.75) is 32.7 Å². The molecule has 5 nitrogen and oxygen atoms in total. The molecule has 0 unspecified atom stereocenters. The van der Waals surface area contributed by atoms with Gasteiger partial charge in [0.1, 0.15) is 0 Å². The lowest BCUT2D eigenvalue weighted by Gasteiger charge is -2.09. The van der Waals surface area contributed by atoms with Crippen molar-refractivity contribution in [3.05, 3.63) is 37.4 Å². The molecule has 0 amide bonds. The van der Waals surface area contributed by atoms with Gasteiger partial charge in [0.15, 0.2) is 11.7 Å². The summed E-state index contributed by atoms with van der Waals surface area (Å²) in [7, 11) is 1.77. The molecular formula is C15H22I2N4OS. The lowest BCUT2D eigenvalue weighted by atomic mass is 10.1. The zero-order chi connectivity index (χ0) is 15.9. The van der Waals surface area contributed by atoms with Crippen LogP contribution in [0.4, 0.5) is 0 Å². The van der Waals surface area contributed by atoms with E-state index in [0.717, 1.165) is 30.4 Å². The van der Waals surface area contributed by atoms with E-state index >= 15 is 0 Å². The van der Waals surface area contributed by atoms with E-state index in [-0.39, 0.29) is 24.0 Å². The van der Waals surface area contributed by atoms with Crippen LogP contribution in [-0.4, -0.2) is 24.7 Å². The van der Waals surface area contributed by atoms with Gasteiger partial charge in [0.05, 0.1) is 15.1 Å². The first-order chi connectivity index (χ1) is 10.6. The van der Waals surface area contributed by atoms with Gasteiger partial charge in [0.25, 0.3) is 0 Å². The molecule has 8 heteroatoms. The number of nitrogens with one attached hydrogen (secondary N) is 2. The topological polar surface area (TPSA) is 62.5 Å². The van der Waals surface area contributed by atoms with Crippen LogP contribution in [0.2, 0.25) is 0 Å². The predicted octanol–water partition coefficient (Wildman–Crippen LogP) is 3.99.